The Balaban J connectivity index is 2.65. The molecule has 2 aromatic rings. The van der Waals surface area contributed by atoms with Crippen LogP contribution in [0.1, 0.15) is 0 Å². The number of amidine groups is 1. The molecule has 15 heavy (non-hydrogen) atoms. The molecule has 0 unspecified atom stereocenters. The predicted molar refractivity (Wildman–Crippen MR) is 65.8 cm³/mol. The van der Waals surface area contributed by atoms with Crippen LogP contribution in [-0.2, 0) is 0 Å². The number of nitrogens with zero attached hydrogens (tertiary/aromatic N) is 1. The van der Waals surface area contributed by atoms with E-state index in [0.717, 1.165) is 5.69 Å². The molecule has 0 bridgehead atoms. The summed E-state index contributed by atoms with van der Waals surface area (Å²) in [6, 6.07) is 14.3. The number of nitrogens with one attached hydrogen (secondary N) is 1. The number of rotatable bonds is 1. The van der Waals surface area contributed by atoms with Crippen LogP contribution >= 0.6 is 0 Å². The first kappa shape index (κ1) is 10.2. The van der Waals surface area contributed by atoms with Crippen molar-refractivity contribution in [2.45, 2.75) is 0 Å². The maximum absolute atomic E-state index is 7.58. The second kappa shape index (κ2) is 4.05. The molecule has 1 radical (unpaired) electrons. The first-order valence-electron chi connectivity index (χ1n) is 4.67. The number of benzene rings is 2. The zero-order chi connectivity index (χ0) is 10.8. The summed E-state index contributed by atoms with van der Waals surface area (Å²) in [6.07, 6.45) is 0. The molecule has 2 aromatic carbocycles. The second-order valence-corrected chi connectivity index (χ2v) is 4.17. The third-order valence-electron chi connectivity index (χ3n) is 2.43. The Kier molecular flexibility index (Phi) is 2.76. The van der Waals surface area contributed by atoms with Crippen molar-refractivity contribution in [2.75, 3.05) is 11.9 Å². The van der Waals surface area contributed by atoms with Crippen molar-refractivity contribution in [3.63, 3.8) is 0 Å². The van der Waals surface area contributed by atoms with E-state index in [1.165, 1.54) is 10.8 Å². The molecule has 0 aliphatic rings. The average Bonchev–Trinajstić information content (AvgIpc) is 2.27. The summed E-state index contributed by atoms with van der Waals surface area (Å²) in [6.45, 7) is 0. The molecule has 0 saturated carbocycles. The van der Waals surface area contributed by atoms with Crippen LogP contribution in [0.3, 0.4) is 0 Å². The van der Waals surface area contributed by atoms with E-state index in [0.29, 0.717) is 4.73 Å². The van der Waals surface area contributed by atoms with Gasteiger partial charge in [-0.15, -0.1) is 0 Å². The van der Waals surface area contributed by atoms with Crippen molar-refractivity contribution in [2.24, 2.45) is 0 Å². The number of hydrogen-bond donors (Lipinski definition) is 1. The number of hydrogen-bond acceptors (Lipinski definition) is 1. The van der Waals surface area contributed by atoms with Crippen LogP contribution in [0.2, 0.25) is 0 Å². The van der Waals surface area contributed by atoms with Crippen molar-refractivity contribution in [1.29, 1.82) is 5.41 Å². The topological polar surface area (TPSA) is 27.1 Å². The monoisotopic (exact) mass is 263 g/mol. The first-order chi connectivity index (χ1) is 7.20. The average molecular weight is 262 g/mol. The Morgan fingerprint density at radius 2 is 1.80 bits per heavy atom. The fourth-order valence-corrected chi connectivity index (χ4v) is 1.82. The van der Waals surface area contributed by atoms with Crippen molar-refractivity contribution in [3.05, 3.63) is 42.5 Å². The molecule has 3 heteroatoms. The minimum absolute atomic E-state index is 0.423. The normalized spacial score (nSPS) is 10.2. The Morgan fingerprint density at radius 1 is 1.13 bits per heavy atom. The fourth-order valence-electron chi connectivity index (χ4n) is 1.61. The van der Waals surface area contributed by atoms with Gasteiger partial charge in [-0.2, -0.15) is 0 Å². The van der Waals surface area contributed by atoms with Crippen molar-refractivity contribution < 1.29 is 0 Å². The molecule has 0 spiro atoms. The number of fused-ring (bicyclic) bond motifs is 1. The molecule has 0 amide bonds. The summed E-state index contributed by atoms with van der Waals surface area (Å²) in [7, 11) is 1.89. The summed E-state index contributed by atoms with van der Waals surface area (Å²) in [5.74, 6) is 0. The van der Waals surface area contributed by atoms with E-state index in [2.05, 4.69) is 34.2 Å². The van der Waals surface area contributed by atoms with Gasteiger partial charge in [0.05, 0.1) is 0 Å². The summed E-state index contributed by atoms with van der Waals surface area (Å²) in [5, 5.41) is 9.95. The van der Waals surface area contributed by atoms with E-state index in [1.807, 2.05) is 36.2 Å². The van der Waals surface area contributed by atoms with Crippen LogP contribution < -0.4 is 4.90 Å². The van der Waals surface area contributed by atoms with E-state index in [4.69, 9.17) is 5.41 Å². The number of anilines is 1. The van der Waals surface area contributed by atoms with Gasteiger partial charge < -0.3 is 0 Å². The standard InChI is InChI=1S/C12H11N2Se/c1-14(12(13)15)11-8-4-6-9-5-2-3-7-10(9)11/h2-8,13H,1H3. The first-order valence-corrected chi connectivity index (χ1v) is 5.53. The van der Waals surface area contributed by atoms with E-state index in [-0.39, 0.29) is 0 Å². The van der Waals surface area contributed by atoms with Crippen LogP contribution in [-0.4, -0.2) is 27.8 Å². The van der Waals surface area contributed by atoms with Gasteiger partial charge >= 0.3 is 97.0 Å². The van der Waals surface area contributed by atoms with Crippen LogP contribution in [0.5, 0.6) is 0 Å². The van der Waals surface area contributed by atoms with E-state index < -0.39 is 0 Å². The maximum atomic E-state index is 7.58. The Morgan fingerprint density at radius 3 is 2.53 bits per heavy atom. The van der Waals surface area contributed by atoms with Gasteiger partial charge in [0.1, 0.15) is 0 Å². The molecule has 0 aromatic heterocycles. The van der Waals surface area contributed by atoms with Gasteiger partial charge in [-0.25, -0.2) is 0 Å². The molecule has 2 nitrogen and oxygen atoms in total. The van der Waals surface area contributed by atoms with Gasteiger partial charge in [0.15, 0.2) is 0 Å². The van der Waals surface area contributed by atoms with Crippen molar-refractivity contribution >= 4 is 37.2 Å². The molecule has 0 aliphatic heterocycles. The third-order valence-corrected chi connectivity index (χ3v) is 3.01. The molecular weight excluding hydrogens is 251 g/mol. The molecule has 0 heterocycles. The molecule has 75 valence electrons. The van der Waals surface area contributed by atoms with E-state index in [9.17, 15) is 0 Å². The van der Waals surface area contributed by atoms with Crippen molar-refractivity contribution in [1.82, 2.24) is 0 Å². The SMILES string of the molecule is CN(C(=N)[Se])c1cccc2ccccc12. The summed E-state index contributed by atoms with van der Waals surface area (Å²) in [4.78, 5) is 1.84. The molecule has 0 aliphatic carbocycles. The van der Waals surface area contributed by atoms with Crippen LogP contribution in [0.25, 0.3) is 10.8 Å². The summed E-state index contributed by atoms with van der Waals surface area (Å²) >= 11 is 2.71. The molecule has 1 N–H and O–H groups in total. The Hall–Kier alpha value is -1.31. The van der Waals surface area contributed by atoms with Crippen LogP contribution in [0, 0.1) is 5.41 Å². The zero-order valence-electron chi connectivity index (χ0n) is 8.40. The van der Waals surface area contributed by atoms with Crippen LogP contribution in [0.4, 0.5) is 5.69 Å². The fraction of sp³-hybridized carbons (Fsp3) is 0.0833. The summed E-state index contributed by atoms with van der Waals surface area (Å²) < 4.78 is 0.423. The Bertz CT molecular complexity index is 502. The minimum atomic E-state index is 0.423. The van der Waals surface area contributed by atoms with Gasteiger partial charge in [0.25, 0.3) is 0 Å². The van der Waals surface area contributed by atoms with Gasteiger partial charge in [-0.05, 0) is 0 Å². The molecule has 0 atom stereocenters. The summed E-state index contributed by atoms with van der Waals surface area (Å²) in [5.41, 5.74) is 1.05. The molecule has 0 fully saturated rings. The predicted octanol–water partition coefficient (Wildman–Crippen LogP) is 2.38. The van der Waals surface area contributed by atoms with Gasteiger partial charge in [0, 0.05) is 0 Å². The van der Waals surface area contributed by atoms with Crippen LogP contribution in [0.15, 0.2) is 42.5 Å². The van der Waals surface area contributed by atoms with Gasteiger partial charge in [-0.1, -0.05) is 0 Å². The quantitative estimate of drug-likeness (QED) is 0.477. The third kappa shape index (κ3) is 1.89. The zero-order valence-corrected chi connectivity index (χ0v) is 10.1. The van der Waals surface area contributed by atoms with E-state index >= 15 is 0 Å². The van der Waals surface area contributed by atoms with Crippen molar-refractivity contribution in [3.8, 4) is 0 Å². The molecule has 0 saturated heterocycles. The second-order valence-electron chi connectivity index (χ2n) is 3.36. The van der Waals surface area contributed by atoms with Gasteiger partial charge in [0.2, 0.25) is 0 Å². The van der Waals surface area contributed by atoms with Gasteiger partial charge in [-0.3, -0.25) is 0 Å². The van der Waals surface area contributed by atoms with E-state index in [1.54, 1.807) is 0 Å². The Labute approximate surface area is 97.2 Å². The molecule has 2 rings (SSSR count). The molecular formula is C12H11N2Se.